The van der Waals surface area contributed by atoms with Crippen molar-refractivity contribution in [1.29, 1.82) is 0 Å². The highest BCUT2D eigenvalue weighted by molar-refractivity contribution is 7.80. The molecule has 0 atom stereocenters. The van der Waals surface area contributed by atoms with E-state index < -0.39 is 0 Å². The van der Waals surface area contributed by atoms with E-state index in [9.17, 15) is 0 Å². The van der Waals surface area contributed by atoms with Gasteiger partial charge in [-0.15, -0.1) is 0 Å². The third-order valence-corrected chi connectivity index (χ3v) is 4.15. The number of nitrogens with one attached hydrogen (secondary N) is 2. The second kappa shape index (κ2) is 8.01. The SMILES string of the molecule is Cc1ccc(NC(=S)Nc2ccccc2Oc2ccccc2)cc1Cl. The van der Waals surface area contributed by atoms with Crippen LogP contribution in [0, 0.1) is 6.92 Å². The van der Waals surface area contributed by atoms with Crippen molar-refractivity contribution in [3.63, 3.8) is 0 Å². The van der Waals surface area contributed by atoms with Crippen molar-refractivity contribution in [2.24, 2.45) is 0 Å². The first-order valence-electron chi connectivity index (χ1n) is 7.78. The largest absolute Gasteiger partial charge is 0.455 e. The van der Waals surface area contributed by atoms with E-state index in [1.165, 1.54) is 0 Å². The highest BCUT2D eigenvalue weighted by atomic mass is 35.5. The minimum Gasteiger partial charge on any atom is -0.455 e. The Hall–Kier alpha value is -2.56. The van der Waals surface area contributed by atoms with Crippen molar-refractivity contribution in [2.45, 2.75) is 6.92 Å². The van der Waals surface area contributed by atoms with Crippen molar-refractivity contribution >= 4 is 40.3 Å². The summed E-state index contributed by atoms with van der Waals surface area (Å²) >= 11 is 11.5. The van der Waals surface area contributed by atoms with Crippen LogP contribution in [0.25, 0.3) is 0 Å². The van der Waals surface area contributed by atoms with Crippen molar-refractivity contribution in [2.75, 3.05) is 10.6 Å². The zero-order valence-corrected chi connectivity index (χ0v) is 15.2. The lowest BCUT2D eigenvalue weighted by molar-refractivity contribution is 0.485. The normalized spacial score (nSPS) is 10.2. The van der Waals surface area contributed by atoms with Crippen LogP contribution in [-0.4, -0.2) is 5.11 Å². The summed E-state index contributed by atoms with van der Waals surface area (Å²) in [6, 6.07) is 23.0. The molecule has 3 aromatic carbocycles. The van der Waals surface area contributed by atoms with Gasteiger partial charge in [-0.05, 0) is 61.1 Å². The van der Waals surface area contributed by atoms with Gasteiger partial charge in [0.15, 0.2) is 10.9 Å². The van der Waals surface area contributed by atoms with E-state index in [1.54, 1.807) is 0 Å². The van der Waals surface area contributed by atoms with Gasteiger partial charge in [0.1, 0.15) is 5.75 Å². The van der Waals surface area contributed by atoms with Gasteiger partial charge in [0.25, 0.3) is 0 Å². The van der Waals surface area contributed by atoms with E-state index >= 15 is 0 Å². The number of benzene rings is 3. The lowest BCUT2D eigenvalue weighted by Gasteiger charge is -2.15. The number of halogens is 1. The Morgan fingerprint density at radius 3 is 2.40 bits per heavy atom. The van der Waals surface area contributed by atoms with Gasteiger partial charge in [-0.2, -0.15) is 0 Å². The number of aryl methyl sites for hydroxylation is 1. The highest BCUT2D eigenvalue weighted by Gasteiger charge is 2.07. The summed E-state index contributed by atoms with van der Waals surface area (Å²) in [5.41, 5.74) is 2.63. The second-order valence-electron chi connectivity index (χ2n) is 5.45. The second-order valence-corrected chi connectivity index (χ2v) is 6.27. The molecule has 0 saturated heterocycles. The van der Waals surface area contributed by atoms with Crippen LogP contribution in [0.2, 0.25) is 5.02 Å². The lowest BCUT2D eigenvalue weighted by Crippen LogP contribution is -2.19. The Morgan fingerprint density at radius 2 is 1.64 bits per heavy atom. The lowest BCUT2D eigenvalue weighted by atomic mass is 10.2. The number of thiocarbonyl (C=S) groups is 1. The van der Waals surface area contributed by atoms with Gasteiger partial charge in [-0.1, -0.05) is 48.0 Å². The molecule has 0 unspecified atom stereocenters. The molecule has 0 aliphatic heterocycles. The number of rotatable bonds is 4. The maximum atomic E-state index is 6.15. The molecule has 3 nitrogen and oxygen atoms in total. The van der Waals surface area contributed by atoms with E-state index in [0.717, 1.165) is 22.7 Å². The maximum Gasteiger partial charge on any atom is 0.175 e. The van der Waals surface area contributed by atoms with Crippen LogP contribution >= 0.6 is 23.8 Å². The average Bonchev–Trinajstić information content (AvgIpc) is 2.61. The molecule has 0 amide bonds. The predicted molar refractivity (Wildman–Crippen MR) is 109 cm³/mol. The van der Waals surface area contributed by atoms with E-state index in [1.807, 2.05) is 79.7 Å². The summed E-state index contributed by atoms with van der Waals surface area (Å²) in [6.07, 6.45) is 0. The van der Waals surface area contributed by atoms with Crippen molar-refractivity contribution < 1.29 is 4.74 Å². The van der Waals surface area contributed by atoms with Gasteiger partial charge >= 0.3 is 0 Å². The topological polar surface area (TPSA) is 33.3 Å². The van der Waals surface area contributed by atoms with E-state index in [2.05, 4.69) is 10.6 Å². The van der Waals surface area contributed by atoms with E-state index in [0.29, 0.717) is 15.9 Å². The first-order valence-corrected chi connectivity index (χ1v) is 8.56. The summed E-state index contributed by atoms with van der Waals surface area (Å²) < 4.78 is 5.92. The molecule has 0 radical (unpaired) electrons. The van der Waals surface area contributed by atoms with Crippen LogP contribution in [0.1, 0.15) is 5.56 Å². The minimum atomic E-state index is 0.462. The van der Waals surface area contributed by atoms with Gasteiger partial charge in [0, 0.05) is 10.7 Å². The molecule has 126 valence electrons. The fraction of sp³-hybridized carbons (Fsp3) is 0.0500. The molecule has 0 bridgehead atoms. The Morgan fingerprint density at radius 1 is 0.920 bits per heavy atom. The summed E-state index contributed by atoms with van der Waals surface area (Å²) in [4.78, 5) is 0. The third-order valence-electron chi connectivity index (χ3n) is 3.54. The molecule has 0 aromatic heterocycles. The highest BCUT2D eigenvalue weighted by Crippen LogP contribution is 2.29. The summed E-state index contributed by atoms with van der Waals surface area (Å²) in [5, 5.41) is 7.45. The van der Waals surface area contributed by atoms with Crippen LogP contribution in [0.5, 0.6) is 11.5 Å². The molecule has 3 aromatic rings. The van der Waals surface area contributed by atoms with Crippen molar-refractivity contribution in [1.82, 2.24) is 0 Å². The molecule has 0 heterocycles. The number of para-hydroxylation sites is 3. The first kappa shape index (κ1) is 17.3. The molecule has 2 N–H and O–H groups in total. The molecule has 0 spiro atoms. The van der Waals surface area contributed by atoms with Gasteiger partial charge in [-0.25, -0.2) is 0 Å². The molecule has 0 saturated carbocycles. The molecule has 0 aliphatic carbocycles. The minimum absolute atomic E-state index is 0.462. The Labute approximate surface area is 157 Å². The van der Waals surface area contributed by atoms with Crippen LogP contribution in [0.15, 0.2) is 72.8 Å². The van der Waals surface area contributed by atoms with E-state index in [-0.39, 0.29) is 0 Å². The van der Waals surface area contributed by atoms with Crippen LogP contribution in [-0.2, 0) is 0 Å². The van der Waals surface area contributed by atoms with Gasteiger partial charge in [0.05, 0.1) is 5.69 Å². The molecule has 3 rings (SSSR count). The summed E-state index contributed by atoms with van der Waals surface area (Å²) in [5.74, 6) is 1.46. The molecule has 25 heavy (non-hydrogen) atoms. The number of ether oxygens (including phenoxy) is 1. The monoisotopic (exact) mass is 368 g/mol. The molecule has 0 fully saturated rings. The summed E-state index contributed by atoms with van der Waals surface area (Å²) in [6.45, 7) is 1.96. The average molecular weight is 369 g/mol. The zero-order chi connectivity index (χ0) is 17.6. The van der Waals surface area contributed by atoms with Crippen LogP contribution in [0.4, 0.5) is 11.4 Å². The first-order chi connectivity index (χ1) is 12.1. The van der Waals surface area contributed by atoms with E-state index in [4.69, 9.17) is 28.6 Å². The standard InChI is InChI=1S/C20H17ClN2OS/c1-14-11-12-15(13-17(14)21)22-20(25)23-18-9-5-6-10-19(18)24-16-7-3-2-4-8-16/h2-13H,1H3,(H2,22,23,25). The van der Waals surface area contributed by atoms with Crippen molar-refractivity contribution in [3.8, 4) is 11.5 Å². The predicted octanol–water partition coefficient (Wildman–Crippen LogP) is 6.25. The van der Waals surface area contributed by atoms with Gasteiger partial charge in [0.2, 0.25) is 0 Å². The summed E-state index contributed by atoms with van der Waals surface area (Å²) in [7, 11) is 0. The molecule has 5 heteroatoms. The smallest absolute Gasteiger partial charge is 0.175 e. The Bertz CT molecular complexity index is 884. The maximum absolute atomic E-state index is 6.15. The number of hydrogen-bond acceptors (Lipinski definition) is 2. The number of hydrogen-bond donors (Lipinski definition) is 2. The Kier molecular flexibility index (Phi) is 5.53. The van der Waals surface area contributed by atoms with Crippen LogP contribution in [0.3, 0.4) is 0 Å². The quantitative estimate of drug-likeness (QED) is 0.533. The van der Waals surface area contributed by atoms with Gasteiger partial charge < -0.3 is 15.4 Å². The fourth-order valence-corrected chi connectivity index (χ4v) is 2.64. The fourth-order valence-electron chi connectivity index (χ4n) is 2.23. The number of anilines is 2. The zero-order valence-electron chi connectivity index (χ0n) is 13.6. The third kappa shape index (κ3) is 4.72. The molecular formula is C20H17ClN2OS. The molecular weight excluding hydrogens is 352 g/mol. The molecule has 0 aliphatic rings. The van der Waals surface area contributed by atoms with Gasteiger partial charge in [-0.3, -0.25) is 0 Å². The Balaban J connectivity index is 1.72. The van der Waals surface area contributed by atoms with Crippen molar-refractivity contribution in [3.05, 3.63) is 83.4 Å². The van der Waals surface area contributed by atoms with Crippen LogP contribution < -0.4 is 15.4 Å².